The van der Waals surface area contributed by atoms with E-state index < -0.39 is 5.97 Å². The number of nitrogens with two attached hydrogens (primary N) is 1. The molecule has 5 nitrogen and oxygen atoms in total. The van der Waals surface area contributed by atoms with Crippen LogP contribution < -0.4 is 11.1 Å². The van der Waals surface area contributed by atoms with Gasteiger partial charge in [0.1, 0.15) is 5.82 Å². The lowest BCUT2D eigenvalue weighted by molar-refractivity contribution is 0.0527. The van der Waals surface area contributed by atoms with Crippen LogP contribution in [0.1, 0.15) is 45.0 Å². The fourth-order valence-corrected chi connectivity index (χ4v) is 2.64. The molecule has 0 radical (unpaired) electrons. The molecular weight excluding hydrogens is 254 g/mol. The molecule has 1 heterocycles. The van der Waals surface area contributed by atoms with Crippen molar-refractivity contribution < 1.29 is 9.53 Å². The van der Waals surface area contributed by atoms with Crippen molar-refractivity contribution in [2.24, 2.45) is 10.8 Å². The van der Waals surface area contributed by atoms with E-state index >= 15 is 0 Å². The van der Waals surface area contributed by atoms with E-state index in [0.717, 1.165) is 0 Å². The number of anilines is 2. The van der Waals surface area contributed by atoms with Crippen LogP contribution in [-0.4, -0.2) is 23.6 Å². The number of hydrogen-bond donors (Lipinski definition) is 2. The average Bonchev–Trinajstić information content (AvgIpc) is 2.74. The minimum Gasteiger partial charge on any atom is -0.462 e. The lowest BCUT2D eigenvalue weighted by atomic mass is 10.0. The number of nitrogens with zero attached hydrogens (tertiary/aromatic N) is 1. The molecule has 1 aliphatic rings. The van der Waals surface area contributed by atoms with Crippen LogP contribution in [0.4, 0.5) is 11.5 Å². The molecule has 2 rings (SSSR count). The molecule has 1 fully saturated rings. The summed E-state index contributed by atoms with van der Waals surface area (Å²) in [5, 5.41) is 3.39. The summed E-state index contributed by atoms with van der Waals surface area (Å²) in [6.45, 7) is 11.0. The van der Waals surface area contributed by atoms with Crippen molar-refractivity contribution in [1.82, 2.24) is 4.98 Å². The smallest absolute Gasteiger partial charge is 0.340 e. The lowest BCUT2D eigenvalue weighted by Crippen LogP contribution is -2.14. The first-order valence-corrected chi connectivity index (χ1v) is 6.91. The molecule has 0 amide bonds. The maximum Gasteiger partial charge on any atom is 0.340 e. The molecule has 1 saturated carbocycles. The monoisotopic (exact) mass is 277 g/mol. The largest absolute Gasteiger partial charge is 0.462 e. The van der Waals surface area contributed by atoms with Crippen molar-refractivity contribution in [1.29, 1.82) is 0 Å². The predicted molar refractivity (Wildman–Crippen MR) is 79.6 cm³/mol. The molecule has 3 N–H and O–H groups in total. The van der Waals surface area contributed by atoms with E-state index in [1.165, 1.54) is 6.20 Å². The fourth-order valence-electron chi connectivity index (χ4n) is 2.64. The second-order valence-electron chi connectivity index (χ2n) is 6.40. The number of carbonyl (C=O) groups is 1. The standard InChI is InChI=1S/C15H23N3O2/c1-6-20-12(19)9-7-11(17-8-10(9)16)18-13-14(2,3)15(13,4)5/h7-8,13H,6,16H2,1-5H3,(H,17,18). The summed E-state index contributed by atoms with van der Waals surface area (Å²) in [5.74, 6) is 0.246. The second-order valence-corrected chi connectivity index (χ2v) is 6.40. The SMILES string of the molecule is CCOC(=O)c1cc(NC2C(C)(C)C2(C)C)ncc1N. The zero-order chi connectivity index (χ0) is 15.1. The molecule has 0 spiro atoms. The molecule has 1 aromatic rings. The van der Waals surface area contributed by atoms with Gasteiger partial charge in [0.25, 0.3) is 0 Å². The van der Waals surface area contributed by atoms with Gasteiger partial charge in [0.15, 0.2) is 0 Å². The Balaban J connectivity index is 2.19. The van der Waals surface area contributed by atoms with E-state index in [2.05, 4.69) is 38.0 Å². The van der Waals surface area contributed by atoms with Crippen molar-refractivity contribution in [3.8, 4) is 0 Å². The highest BCUT2D eigenvalue weighted by molar-refractivity contribution is 5.95. The van der Waals surface area contributed by atoms with Gasteiger partial charge in [-0.3, -0.25) is 0 Å². The molecule has 0 atom stereocenters. The van der Waals surface area contributed by atoms with E-state index in [1.807, 2.05) is 0 Å². The first-order chi connectivity index (χ1) is 9.21. The normalized spacial score (nSPS) is 19.4. The summed E-state index contributed by atoms with van der Waals surface area (Å²) >= 11 is 0. The number of esters is 1. The summed E-state index contributed by atoms with van der Waals surface area (Å²) in [4.78, 5) is 16.1. The van der Waals surface area contributed by atoms with Crippen molar-refractivity contribution in [2.75, 3.05) is 17.7 Å². The van der Waals surface area contributed by atoms with E-state index in [4.69, 9.17) is 10.5 Å². The highest BCUT2D eigenvalue weighted by Crippen LogP contribution is 2.63. The van der Waals surface area contributed by atoms with Crippen LogP contribution in [0.15, 0.2) is 12.3 Å². The molecule has 110 valence electrons. The number of ether oxygens (including phenoxy) is 1. The van der Waals surface area contributed by atoms with Crippen molar-refractivity contribution >= 4 is 17.5 Å². The van der Waals surface area contributed by atoms with Crippen LogP contribution in [0.2, 0.25) is 0 Å². The Labute approximate surface area is 119 Å². The number of carbonyl (C=O) groups excluding carboxylic acids is 1. The maximum absolute atomic E-state index is 11.8. The second kappa shape index (κ2) is 4.65. The predicted octanol–water partition coefficient (Wildman–Crippen LogP) is 2.69. The molecule has 0 aromatic carbocycles. The summed E-state index contributed by atoms with van der Waals surface area (Å²) in [7, 11) is 0. The molecule has 0 aliphatic heterocycles. The third kappa shape index (κ3) is 2.21. The Morgan fingerprint density at radius 3 is 2.50 bits per heavy atom. The molecule has 5 heteroatoms. The number of aromatic nitrogens is 1. The third-order valence-electron chi connectivity index (χ3n) is 4.74. The third-order valence-corrected chi connectivity index (χ3v) is 4.74. The number of pyridine rings is 1. The minimum absolute atomic E-state index is 0.195. The van der Waals surface area contributed by atoms with Gasteiger partial charge in [0.2, 0.25) is 0 Å². The Hall–Kier alpha value is -1.78. The van der Waals surface area contributed by atoms with Crippen LogP contribution in [0.5, 0.6) is 0 Å². The molecule has 0 bridgehead atoms. The van der Waals surface area contributed by atoms with Crippen LogP contribution in [-0.2, 0) is 4.74 Å². The highest BCUT2D eigenvalue weighted by atomic mass is 16.5. The van der Waals surface area contributed by atoms with E-state index in [-0.39, 0.29) is 10.8 Å². The molecule has 1 aromatic heterocycles. The van der Waals surface area contributed by atoms with Crippen LogP contribution in [0.25, 0.3) is 0 Å². The molecule has 0 saturated heterocycles. The summed E-state index contributed by atoms with van der Waals surface area (Å²) < 4.78 is 4.99. The average molecular weight is 277 g/mol. The van der Waals surface area contributed by atoms with E-state index in [0.29, 0.717) is 29.7 Å². The van der Waals surface area contributed by atoms with E-state index in [9.17, 15) is 4.79 Å². The Morgan fingerprint density at radius 2 is 2.00 bits per heavy atom. The van der Waals surface area contributed by atoms with Gasteiger partial charge in [-0.25, -0.2) is 9.78 Å². The van der Waals surface area contributed by atoms with Gasteiger partial charge in [-0.2, -0.15) is 0 Å². The summed E-state index contributed by atoms with van der Waals surface area (Å²) in [5.41, 5.74) is 6.87. The number of hydrogen-bond acceptors (Lipinski definition) is 5. The van der Waals surface area contributed by atoms with Crippen LogP contribution in [0.3, 0.4) is 0 Å². The Kier molecular flexibility index (Phi) is 3.40. The topological polar surface area (TPSA) is 77.2 Å². The van der Waals surface area contributed by atoms with Crippen LogP contribution in [0, 0.1) is 10.8 Å². The molecule has 0 unspecified atom stereocenters. The lowest BCUT2D eigenvalue weighted by Gasteiger charge is -2.10. The summed E-state index contributed by atoms with van der Waals surface area (Å²) in [6, 6.07) is 1.99. The maximum atomic E-state index is 11.8. The Morgan fingerprint density at radius 1 is 1.40 bits per heavy atom. The first-order valence-electron chi connectivity index (χ1n) is 6.91. The quantitative estimate of drug-likeness (QED) is 0.827. The van der Waals surface area contributed by atoms with Crippen molar-refractivity contribution in [3.05, 3.63) is 17.8 Å². The Bertz CT molecular complexity index is 524. The van der Waals surface area contributed by atoms with Gasteiger partial charge in [0.05, 0.1) is 24.1 Å². The zero-order valence-electron chi connectivity index (χ0n) is 12.8. The zero-order valence-corrected chi connectivity index (χ0v) is 12.8. The molecule has 20 heavy (non-hydrogen) atoms. The fraction of sp³-hybridized carbons (Fsp3) is 0.600. The van der Waals surface area contributed by atoms with Crippen LogP contribution >= 0.6 is 0 Å². The van der Waals surface area contributed by atoms with Gasteiger partial charge in [-0.15, -0.1) is 0 Å². The van der Waals surface area contributed by atoms with Gasteiger partial charge in [-0.1, -0.05) is 27.7 Å². The van der Waals surface area contributed by atoms with Gasteiger partial charge < -0.3 is 15.8 Å². The van der Waals surface area contributed by atoms with Gasteiger partial charge in [0, 0.05) is 6.04 Å². The summed E-state index contributed by atoms with van der Waals surface area (Å²) in [6.07, 6.45) is 1.50. The van der Waals surface area contributed by atoms with Gasteiger partial charge in [-0.05, 0) is 23.8 Å². The number of rotatable bonds is 4. The molecular formula is C15H23N3O2. The molecule has 1 aliphatic carbocycles. The number of nitrogens with one attached hydrogen (secondary N) is 1. The van der Waals surface area contributed by atoms with Crippen molar-refractivity contribution in [2.45, 2.75) is 40.7 Å². The highest BCUT2D eigenvalue weighted by Gasteiger charge is 2.65. The van der Waals surface area contributed by atoms with Crippen molar-refractivity contribution in [3.63, 3.8) is 0 Å². The number of nitrogen functional groups attached to an aromatic ring is 1. The minimum atomic E-state index is -0.412. The van der Waals surface area contributed by atoms with E-state index in [1.54, 1.807) is 13.0 Å². The van der Waals surface area contributed by atoms with Gasteiger partial charge >= 0.3 is 5.97 Å². The first kappa shape index (κ1) is 14.6.